The minimum Gasteiger partial charge on any atom is -0.350 e. The van der Waals surface area contributed by atoms with E-state index in [1.54, 1.807) is 0 Å². The van der Waals surface area contributed by atoms with Gasteiger partial charge in [-0.1, -0.05) is 54.9 Å². The number of nitrogens with one attached hydrogen (secondary N) is 1. The van der Waals surface area contributed by atoms with E-state index in [1.807, 2.05) is 0 Å². The fourth-order valence-corrected chi connectivity index (χ4v) is 3.01. The number of hydrogen-bond acceptors (Lipinski definition) is 1. The Labute approximate surface area is 136 Å². The van der Waals surface area contributed by atoms with Gasteiger partial charge in [0.1, 0.15) is 0 Å². The van der Waals surface area contributed by atoms with Crippen LogP contribution in [0.1, 0.15) is 44.4 Å². The van der Waals surface area contributed by atoms with Crippen molar-refractivity contribution < 1.29 is 0 Å². The quantitative estimate of drug-likeness (QED) is 0.745. The van der Waals surface area contributed by atoms with Crippen molar-refractivity contribution in [3.05, 3.63) is 58.3 Å². The molecule has 0 amide bonds. The van der Waals surface area contributed by atoms with Crippen molar-refractivity contribution in [2.75, 3.05) is 6.54 Å². The Kier molecular flexibility index (Phi) is 6.07. The smallest absolute Gasteiger partial charge is 0.0481 e. The first-order valence-corrected chi connectivity index (χ1v) is 8.53. The molecule has 0 aliphatic carbocycles. The van der Waals surface area contributed by atoms with Crippen molar-refractivity contribution in [1.82, 2.24) is 9.88 Å². The Hall–Kier alpha value is -1.06. The van der Waals surface area contributed by atoms with Crippen LogP contribution < -0.4 is 5.32 Å². The van der Waals surface area contributed by atoms with Crippen molar-refractivity contribution in [3.8, 4) is 0 Å². The molecule has 2 nitrogen and oxygen atoms in total. The average Bonchev–Trinajstić information content (AvgIpc) is 2.90. The van der Waals surface area contributed by atoms with E-state index in [1.165, 1.54) is 22.0 Å². The molecule has 2 rings (SSSR count). The number of benzene rings is 1. The molecule has 0 bridgehead atoms. The Bertz CT molecular complexity index is 560. The summed E-state index contributed by atoms with van der Waals surface area (Å²) in [5.74, 6) is 0.593. The van der Waals surface area contributed by atoms with Crippen LogP contribution >= 0.6 is 15.9 Å². The molecular weight excluding hydrogens is 324 g/mol. The third-order valence-corrected chi connectivity index (χ3v) is 4.50. The van der Waals surface area contributed by atoms with E-state index in [0.717, 1.165) is 13.1 Å². The molecule has 21 heavy (non-hydrogen) atoms. The zero-order chi connectivity index (χ0) is 15.2. The summed E-state index contributed by atoms with van der Waals surface area (Å²) in [6, 6.07) is 11.1. The first-order valence-electron chi connectivity index (χ1n) is 7.74. The molecule has 0 fully saturated rings. The van der Waals surface area contributed by atoms with Gasteiger partial charge in [0.25, 0.3) is 0 Å². The van der Waals surface area contributed by atoms with Crippen LogP contribution in [0.2, 0.25) is 0 Å². The first-order chi connectivity index (χ1) is 10.1. The third-order valence-electron chi connectivity index (χ3n) is 3.72. The SMILES string of the molecule is CCCNC(c1ccn(Cc2ccccc2Br)c1)C(C)C. The topological polar surface area (TPSA) is 17.0 Å². The van der Waals surface area contributed by atoms with Gasteiger partial charge in [-0.05, 0) is 42.1 Å². The van der Waals surface area contributed by atoms with Gasteiger partial charge < -0.3 is 9.88 Å². The normalized spacial score (nSPS) is 12.8. The van der Waals surface area contributed by atoms with Crippen LogP contribution in [0.4, 0.5) is 0 Å². The molecule has 0 saturated heterocycles. The Morgan fingerprint density at radius 3 is 2.62 bits per heavy atom. The van der Waals surface area contributed by atoms with Gasteiger partial charge in [-0.3, -0.25) is 0 Å². The lowest BCUT2D eigenvalue weighted by Crippen LogP contribution is -2.26. The highest BCUT2D eigenvalue weighted by atomic mass is 79.9. The summed E-state index contributed by atoms with van der Waals surface area (Å²) in [5.41, 5.74) is 2.69. The van der Waals surface area contributed by atoms with Crippen molar-refractivity contribution in [2.45, 2.75) is 39.8 Å². The van der Waals surface area contributed by atoms with Gasteiger partial charge in [-0.2, -0.15) is 0 Å². The molecule has 2 aromatic rings. The van der Waals surface area contributed by atoms with Gasteiger partial charge in [0.05, 0.1) is 0 Å². The number of aromatic nitrogens is 1. The largest absolute Gasteiger partial charge is 0.350 e. The molecule has 0 radical (unpaired) electrons. The van der Waals surface area contributed by atoms with E-state index in [2.05, 4.69) is 89.3 Å². The molecule has 0 aliphatic heterocycles. The zero-order valence-electron chi connectivity index (χ0n) is 13.1. The van der Waals surface area contributed by atoms with E-state index >= 15 is 0 Å². The summed E-state index contributed by atoms with van der Waals surface area (Å²) in [5, 5.41) is 3.65. The van der Waals surface area contributed by atoms with Crippen molar-refractivity contribution in [3.63, 3.8) is 0 Å². The second kappa shape index (κ2) is 7.81. The first kappa shape index (κ1) is 16.3. The molecule has 0 saturated carbocycles. The van der Waals surface area contributed by atoms with Crippen molar-refractivity contribution in [1.29, 1.82) is 0 Å². The third kappa shape index (κ3) is 4.45. The molecule has 3 heteroatoms. The number of nitrogens with zero attached hydrogens (tertiary/aromatic N) is 1. The fourth-order valence-electron chi connectivity index (χ4n) is 2.60. The minimum atomic E-state index is 0.436. The molecule has 0 spiro atoms. The molecular formula is C18H25BrN2. The monoisotopic (exact) mass is 348 g/mol. The number of hydrogen-bond donors (Lipinski definition) is 1. The van der Waals surface area contributed by atoms with Crippen molar-refractivity contribution >= 4 is 15.9 Å². The Balaban J connectivity index is 2.11. The van der Waals surface area contributed by atoms with E-state index in [9.17, 15) is 0 Å². The van der Waals surface area contributed by atoms with Gasteiger partial charge in [0.15, 0.2) is 0 Å². The molecule has 1 aromatic carbocycles. The Morgan fingerprint density at radius 2 is 1.95 bits per heavy atom. The minimum absolute atomic E-state index is 0.436. The second-order valence-electron chi connectivity index (χ2n) is 5.88. The highest BCUT2D eigenvalue weighted by Gasteiger charge is 2.15. The molecule has 114 valence electrons. The highest BCUT2D eigenvalue weighted by Crippen LogP contribution is 2.23. The van der Waals surface area contributed by atoms with E-state index < -0.39 is 0 Å². The molecule has 1 atom stereocenters. The molecule has 1 N–H and O–H groups in total. The number of halogens is 1. The van der Waals surface area contributed by atoms with Crippen LogP contribution in [0.25, 0.3) is 0 Å². The van der Waals surface area contributed by atoms with E-state index in [4.69, 9.17) is 0 Å². The molecule has 1 unspecified atom stereocenters. The summed E-state index contributed by atoms with van der Waals surface area (Å²) in [7, 11) is 0. The molecule has 0 aliphatic rings. The summed E-state index contributed by atoms with van der Waals surface area (Å²) in [6.45, 7) is 8.73. The zero-order valence-corrected chi connectivity index (χ0v) is 14.7. The summed E-state index contributed by atoms with van der Waals surface area (Å²) >= 11 is 3.62. The van der Waals surface area contributed by atoms with E-state index in [-0.39, 0.29) is 0 Å². The maximum atomic E-state index is 3.65. The van der Waals surface area contributed by atoms with Crippen LogP contribution in [0.15, 0.2) is 47.2 Å². The number of rotatable bonds is 7. The van der Waals surface area contributed by atoms with Gasteiger partial charge in [-0.25, -0.2) is 0 Å². The van der Waals surface area contributed by atoms with Crippen molar-refractivity contribution in [2.24, 2.45) is 5.92 Å². The maximum Gasteiger partial charge on any atom is 0.0481 e. The van der Waals surface area contributed by atoms with Gasteiger partial charge >= 0.3 is 0 Å². The predicted octanol–water partition coefficient (Wildman–Crippen LogP) is 5.00. The second-order valence-corrected chi connectivity index (χ2v) is 6.74. The highest BCUT2D eigenvalue weighted by molar-refractivity contribution is 9.10. The van der Waals surface area contributed by atoms with Crippen LogP contribution in [0.5, 0.6) is 0 Å². The Morgan fingerprint density at radius 1 is 1.19 bits per heavy atom. The lowest BCUT2D eigenvalue weighted by molar-refractivity contribution is 0.412. The molecule has 1 heterocycles. The van der Waals surface area contributed by atoms with Crippen LogP contribution in [0.3, 0.4) is 0 Å². The standard InChI is InChI=1S/C18H25BrN2/c1-4-10-20-18(14(2)3)16-9-11-21(13-16)12-15-7-5-6-8-17(15)19/h5-9,11,13-14,18,20H,4,10,12H2,1-3H3. The van der Waals surface area contributed by atoms with Gasteiger partial charge in [-0.15, -0.1) is 0 Å². The average molecular weight is 349 g/mol. The lowest BCUT2D eigenvalue weighted by atomic mass is 9.98. The summed E-state index contributed by atoms with van der Waals surface area (Å²) < 4.78 is 3.43. The van der Waals surface area contributed by atoms with Crippen LogP contribution in [-0.2, 0) is 6.54 Å². The van der Waals surface area contributed by atoms with E-state index in [0.29, 0.717) is 12.0 Å². The van der Waals surface area contributed by atoms with Crippen LogP contribution in [0, 0.1) is 5.92 Å². The maximum absolute atomic E-state index is 3.65. The van der Waals surface area contributed by atoms with Gasteiger partial charge in [0.2, 0.25) is 0 Å². The van der Waals surface area contributed by atoms with Crippen LogP contribution in [-0.4, -0.2) is 11.1 Å². The predicted molar refractivity (Wildman–Crippen MR) is 93.5 cm³/mol. The van der Waals surface area contributed by atoms with Gasteiger partial charge in [0, 0.05) is 29.5 Å². The summed E-state index contributed by atoms with van der Waals surface area (Å²) in [6.07, 6.45) is 5.62. The molecule has 1 aromatic heterocycles. The summed E-state index contributed by atoms with van der Waals surface area (Å²) in [4.78, 5) is 0. The fraction of sp³-hybridized carbons (Fsp3) is 0.444. The lowest BCUT2D eigenvalue weighted by Gasteiger charge is -2.21.